The summed E-state index contributed by atoms with van der Waals surface area (Å²) in [5.74, 6) is -0.524. The standard InChI is InChI=1S/C30H39N5O5S/c1-20(2)27(35-29(38)31-3)28(37)33-23(14-21-10-6-4-7-11-21)16-26(36)25(15-22-12-8-5-9-13-22)34-30(39)40-18-24-17-32-19-41-24/h4-13,17,19-20,23,25-27,36H,14-16,18H2,1-3H3,(H,33,37)(H,34,39)(H2,31,35,38). The first-order valence-corrected chi connectivity index (χ1v) is 14.5. The van der Waals surface area contributed by atoms with Crippen molar-refractivity contribution >= 4 is 29.4 Å². The van der Waals surface area contributed by atoms with E-state index in [1.54, 1.807) is 11.7 Å². The maximum atomic E-state index is 13.3. The molecule has 0 saturated heterocycles. The summed E-state index contributed by atoms with van der Waals surface area (Å²) in [4.78, 5) is 42.8. The van der Waals surface area contributed by atoms with E-state index in [2.05, 4.69) is 26.3 Å². The third-order valence-corrected chi connectivity index (χ3v) is 7.31. The Balaban J connectivity index is 1.77. The lowest BCUT2D eigenvalue weighted by Crippen LogP contribution is -2.55. The number of hydrogen-bond acceptors (Lipinski definition) is 7. The quantitative estimate of drug-likeness (QED) is 0.198. The van der Waals surface area contributed by atoms with Gasteiger partial charge in [-0.05, 0) is 36.3 Å². The Morgan fingerprint density at radius 3 is 2.12 bits per heavy atom. The average molecular weight is 582 g/mol. The third kappa shape index (κ3) is 10.8. The second-order valence-electron chi connectivity index (χ2n) is 10.1. The number of aliphatic hydroxyl groups is 1. The van der Waals surface area contributed by atoms with Crippen molar-refractivity contribution in [3.05, 3.63) is 88.4 Å². The molecular weight excluding hydrogens is 542 g/mol. The van der Waals surface area contributed by atoms with Crippen LogP contribution in [0, 0.1) is 5.92 Å². The monoisotopic (exact) mass is 581 g/mol. The van der Waals surface area contributed by atoms with Crippen molar-refractivity contribution in [2.45, 2.75) is 63.9 Å². The van der Waals surface area contributed by atoms with Crippen LogP contribution in [-0.4, -0.2) is 59.4 Å². The highest BCUT2D eigenvalue weighted by molar-refractivity contribution is 7.09. The predicted molar refractivity (Wildman–Crippen MR) is 158 cm³/mol. The summed E-state index contributed by atoms with van der Waals surface area (Å²) in [6.45, 7) is 3.77. The zero-order chi connectivity index (χ0) is 29.6. The van der Waals surface area contributed by atoms with Gasteiger partial charge in [-0.1, -0.05) is 74.5 Å². The van der Waals surface area contributed by atoms with Gasteiger partial charge in [-0.25, -0.2) is 9.59 Å². The van der Waals surface area contributed by atoms with Crippen molar-refractivity contribution < 1.29 is 24.2 Å². The topological polar surface area (TPSA) is 142 Å². The number of nitrogens with zero attached hydrogens (tertiary/aromatic N) is 1. The molecule has 1 aromatic heterocycles. The molecule has 0 saturated carbocycles. The summed E-state index contributed by atoms with van der Waals surface area (Å²) in [6, 6.07) is 16.8. The molecule has 3 rings (SSSR count). The third-order valence-electron chi connectivity index (χ3n) is 6.56. The van der Waals surface area contributed by atoms with Gasteiger partial charge in [0, 0.05) is 19.3 Å². The second-order valence-corrected chi connectivity index (χ2v) is 11.1. The highest BCUT2D eigenvalue weighted by Gasteiger charge is 2.30. The summed E-state index contributed by atoms with van der Waals surface area (Å²) in [7, 11) is 1.49. The van der Waals surface area contributed by atoms with Gasteiger partial charge in [-0.15, -0.1) is 11.3 Å². The van der Waals surface area contributed by atoms with E-state index in [4.69, 9.17) is 4.74 Å². The Hall–Kier alpha value is -3.96. The predicted octanol–water partition coefficient (Wildman–Crippen LogP) is 3.41. The van der Waals surface area contributed by atoms with Gasteiger partial charge in [0.1, 0.15) is 12.6 Å². The number of hydrogen-bond donors (Lipinski definition) is 5. The molecule has 0 fully saturated rings. The van der Waals surface area contributed by atoms with E-state index in [0.29, 0.717) is 12.8 Å². The number of carbonyl (C=O) groups excluding carboxylic acids is 3. The first kappa shape index (κ1) is 31.6. The Labute approximate surface area is 244 Å². The van der Waals surface area contributed by atoms with Gasteiger partial charge in [0.2, 0.25) is 5.91 Å². The molecule has 4 amide bonds. The molecule has 1 heterocycles. The molecule has 0 aliphatic heterocycles. The molecule has 220 valence electrons. The minimum Gasteiger partial charge on any atom is -0.444 e. The molecule has 2 aromatic carbocycles. The fourth-order valence-electron chi connectivity index (χ4n) is 4.38. The molecule has 10 nitrogen and oxygen atoms in total. The highest BCUT2D eigenvalue weighted by Crippen LogP contribution is 2.16. The fourth-order valence-corrected chi connectivity index (χ4v) is 4.89. The average Bonchev–Trinajstić information content (AvgIpc) is 3.49. The number of thiazole rings is 1. The number of aliphatic hydroxyl groups excluding tert-OH is 1. The normalized spacial score (nSPS) is 13.9. The maximum absolute atomic E-state index is 13.3. The summed E-state index contributed by atoms with van der Waals surface area (Å²) < 4.78 is 5.37. The van der Waals surface area contributed by atoms with E-state index < -0.39 is 36.4 Å². The lowest BCUT2D eigenvalue weighted by Gasteiger charge is -2.30. The maximum Gasteiger partial charge on any atom is 0.407 e. The number of nitrogens with one attached hydrogen (secondary N) is 4. The van der Waals surface area contributed by atoms with Crippen LogP contribution < -0.4 is 21.3 Å². The Kier molecular flexibility index (Phi) is 12.6. The molecule has 41 heavy (non-hydrogen) atoms. The first-order chi connectivity index (χ1) is 19.7. The highest BCUT2D eigenvalue weighted by atomic mass is 32.1. The second kappa shape index (κ2) is 16.3. The minimum absolute atomic E-state index is 0.0757. The van der Waals surface area contributed by atoms with Gasteiger partial charge < -0.3 is 31.1 Å². The number of rotatable bonds is 14. The van der Waals surface area contributed by atoms with Gasteiger partial charge in [-0.2, -0.15) is 0 Å². The van der Waals surface area contributed by atoms with E-state index >= 15 is 0 Å². The molecular formula is C30H39N5O5S. The molecule has 4 atom stereocenters. The summed E-state index contributed by atoms with van der Waals surface area (Å²) in [5, 5.41) is 22.5. The number of alkyl carbamates (subject to hydrolysis) is 1. The van der Waals surface area contributed by atoms with E-state index in [-0.39, 0.29) is 24.9 Å². The van der Waals surface area contributed by atoms with Crippen molar-refractivity contribution in [3.8, 4) is 0 Å². The van der Waals surface area contributed by atoms with Crippen molar-refractivity contribution in [1.29, 1.82) is 0 Å². The number of carbonyl (C=O) groups is 3. The van der Waals surface area contributed by atoms with E-state index in [0.717, 1.165) is 16.0 Å². The van der Waals surface area contributed by atoms with Crippen LogP contribution in [0.3, 0.4) is 0 Å². The van der Waals surface area contributed by atoms with Crippen molar-refractivity contribution in [2.75, 3.05) is 7.05 Å². The fraction of sp³-hybridized carbons (Fsp3) is 0.400. The van der Waals surface area contributed by atoms with Gasteiger partial charge in [0.15, 0.2) is 0 Å². The molecule has 0 aliphatic carbocycles. The summed E-state index contributed by atoms with van der Waals surface area (Å²) in [6.07, 6.45) is 0.909. The van der Waals surface area contributed by atoms with Crippen LogP contribution in [0.15, 0.2) is 72.4 Å². The number of urea groups is 1. The van der Waals surface area contributed by atoms with E-state index in [1.165, 1.54) is 18.4 Å². The lowest BCUT2D eigenvalue weighted by atomic mass is 9.93. The molecule has 0 radical (unpaired) electrons. The van der Waals surface area contributed by atoms with Gasteiger partial charge in [0.25, 0.3) is 0 Å². The zero-order valence-corrected chi connectivity index (χ0v) is 24.4. The number of amides is 4. The van der Waals surface area contributed by atoms with Crippen molar-refractivity contribution in [2.24, 2.45) is 5.92 Å². The largest absolute Gasteiger partial charge is 0.444 e. The van der Waals surface area contributed by atoms with Crippen molar-refractivity contribution in [3.63, 3.8) is 0 Å². The smallest absolute Gasteiger partial charge is 0.407 e. The number of aromatic nitrogens is 1. The van der Waals surface area contributed by atoms with Crippen LogP contribution in [0.2, 0.25) is 0 Å². The van der Waals surface area contributed by atoms with E-state index in [1.807, 2.05) is 74.5 Å². The van der Waals surface area contributed by atoms with Crippen LogP contribution >= 0.6 is 11.3 Å². The molecule has 0 spiro atoms. The van der Waals surface area contributed by atoms with Crippen molar-refractivity contribution in [1.82, 2.24) is 26.3 Å². The van der Waals surface area contributed by atoms with Gasteiger partial charge in [0.05, 0.1) is 22.5 Å². The lowest BCUT2D eigenvalue weighted by molar-refractivity contribution is -0.124. The Morgan fingerprint density at radius 2 is 1.56 bits per heavy atom. The van der Waals surface area contributed by atoms with Gasteiger partial charge in [-0.3, -0.25) is 9.78 Å². The zero-order valence-electron chi connectivity index (χ0n) is 23.6. The summed E-state index contributed by atoms with van der Waals surface area (Å²) >= 11 is 1.38. The molecule has 3 aromatic rings. The Bertz CT molecular complexity index is 1210. The number of ether oxygens (including phenoxy) is 1. The van der Waals surface area contributed by atoms with Crippen LogP contribution in [0.5, 0.6) is 0 Å². The van der Waals surface area contributed by atoms with Crippen LogP contribution in [0.1, 0.15) is 36.3 Å². The van der Waals surface area contributed by atoms with Crippen LogP contribution in [0.25, 0.3) is 0 Å². The van der Waals surface area contributed by atoms with E-state index in [9.17, 15) is 19.5 Å². The Morgan fingerprint density at radius 1 is 0.927 bits per heavy atom. The summed E-state index contributed by atoms with van der Waals surface area (Å²) in [5.41, 5.74) is 3.56. The number of benzene rings is 2. The molecule has 4 unspecified atom stereocenters. The minimum atomic E-state index is -1.02. The van der Waals surface area contributed by atoms with Crippen LogP contribution in [0.4, 0.5) is 9.59 Å². The molecule has 11 heteroatoms. The molecule has 0 aliphatic rings. The molecule has 0 bridgehead atoms. The SMILES string of the molecule is CNC(=O)NC(C(=O)NC(Cc1ccccc1)CC(O)C(Cc1ccccc1)NC(=O)OCc1cncs1)C(C)C. The van der Waals surface area contributed by atoms with Gasteiger partial charge >= 0.3 is 12.1 Å². The first-order valence-electron chi connectivity index (χ1n) is 13.6. The van der Waals surface area contributed by atoms with Crippen LogP contribution in [-0.2, 0) is 29.0 Å². The molecule has 5 N–H and O–H groups in total.